The predicted octanol–water partition coefficient (Wildman–Crippen LogP) is 7.37. The lowest BCUT2D eigenvalue weighted by Crippen LogP contribution is -1.98. The second-order valence-corrected chi connectivity index (χ2v) is 6.15. The Morgan fingerprint density at radius 3 is 1.48 bits per heavy atom. The summed E-state index contributed by atoms with van der Waals surface area (Å²) >= 11 is 0. The lowest BCUT2D eigenvalue weighted by molar-refractivity contribution is 0.910. The van der Waals surface area contributed by atoms with Crippen LogP contribution in [0.3, 0.4) is 0 Å². The molecule has 0 spiro atoms. The van der Waals surface area contributed by atoms with E-state index in [2.05, 4.69) is 65.8 Å². The Morgan fingerprint density at radius 1 is 0.609 bits per heavy atom. The van der Waals surface area contributed by atoms with Gasteiger partial charge in [0.1, 0.15) is 0 Å². The van der Waals surface area contributed by atoms with Gasteiger partial charge in [0.05, 0.1) is 0 Å². The molecule has 0 aliphatic rings. The summed E-state index contributed by atoms with van der Waals surface area (Å²) in [6.07, 6.45) is 3.50. The van der Waals surface area contributed by atoms with Crippen molar-refractivity contribution in [2.75, 3.05) is 0 Å². The Balaban J connectivity index is 0.00000242. The smallest absolute Gasteiger partial charge is 0.0149 e. The average Bonchev–Trinajstić information content (AvgIpc) is 2.48. The summed E-state index contributed by atoms with van der Waals surface area (Å²) in [5.74, 6) is 0. The van der Waals surface area contributed by atoms with Gasteiger partial charge in [0.25, 0.3) is 0 Å². The number of rotatable bonds is 4. The van der Waals surface area contributed by atoms with Crippen LogP contribution in [-0.4, -0.2) is 0 Å². The topological polar surface area (TPSA) is 0 Å². The zero-order valence-corrected chi connectivity index (χ0v) is 14.4. The van der Waals surface area contributed by atoms with Gasteiger partial charge in [-0.25, -0.2) is 0 Å². The summed E-state index contributed by atoms with van der Waals surface area (Å²) in [7, 11) is 0. The van der Waals surface area contributed by atoms with Gasteiger partial charge in [0.2, 0.25) is 0 Å². The molecule has 0 amide bonds. The van der Waals surface area contributed by atoms with Crippen molar-refractivity contribution < 1.29 is 0 Å². The van der Waals surface area contributed by atoms with Crippen molar-refractivity contribution in [3.8, 4) is 11.1 Å². The van der Waals surface area contributed by atoms with Crippen molar-refractivity contribution in [2.45, 2.75) is 75.7 Å². The monoisotopic (exact) mass is 312 g/mol. The normalized spacial score (nSPS) is 10.0. The molecule has 0 nitrogen and oxygen atoms in total. The number of aryl methyl sites for hydroxylation is 2. The van der Waals surface area contributed by atoms with Crippen LogP contribution in [0.2, 0.25) is 0 Å². The van der Waals surface area contributed by atoms with Gasteiger partial charge >= 0.3 is 0 Å². The van der Waals surface area contributed by atoms with Crippen LogP contribution in [0.25, 0.3) is 11.1 Å². The second kappa shape index (κ2) is 8.91. The Hall–Kier alpha value is -1.56. The lowest BCUT2D eigenvalue weighted by Gasteiger charge is -2.17. The molecule has 128 valence electrons. The fraction of sp³-hybridized carbons (Fsp3) is 0.478. The van der Waals surface area contributed by atoms with Gasteiger partial charge < -0.3 is 0 Å². The van der Waals surface area contributed by atoms with Crippen molar-refractivity contribution in [3.63, 3.8) is 0 Å². The maximum Gasteiger partial charge on any atom is -0.0149 e. The standard InChI is InChI=1S/C21H28.2CH4/c1-7-9-19-11-13-21(17(6)15(19)4)20-12-10-18(8-2)14(3)16(20)5;;/h10-13H,7-9H2,1-6H3;2*1H4. The summed E-state index contributed by atoms with van der Waals surface area (Å²) in [5, 5.41) is 0. The summed E-state index contributed by atoms with van der Waals surface area (Å²) < 4.78 is 0. The first-order valence-electron chi connectivity index (χ1n) is 8.19. The van der Waals surface area contributed by atoms with E-state index in [1.54, 1.807) is 0 Å². The maximum absolute atomic E-state index is 2.32. The largest absolute Gasteiger partial charge is 0.0776 e. The summed E-state index contributed by atoms with van der Waals surface area (Å²) in [6, 6.07) is 9.25. The average molecular weight is 313 g/mol. The minimum atomic E-state index is 0. The molecule has 2 rings (SSSR count). The molecule has 0 aliphatic heterocycles. The highest BCUT2D eigenvalue weighted by Gasteiger charge is 2.12. The van der Waals surface area contributed by atoms with Gasteiger partial charge in [-0.3, -0.25) is 0 Å². The predicted molar refractivity (Wildman–Crippen MR) is 108 cm³/mol. The molecule has 0 N–H and O–H groups in total. The van der Waals surface area contributed by atoms with E-state index >= 15 is 0 Å². The van der Waals surface area contributed by atoms with E-state index in [0.29, 0.717) is 0 Å². The van der Waals surface area contributed by atoms with Crippen molar-refractivity contribution in [1.29, 1.82) is 0 Å². The summed E-state index contributed by atoms with van der Waals surface area (Å²) in [4.78, 5) is 0. The van der Waals surface area contributed by atoms with Gasteiger partial charge in [0, 0.05) is 0 Å². The van der Waals surface area contributed by atoms with Crippen molar-refractivity contribution in [3.05, 3.63) is 57.6 Å². The van der Waals surface area contributed by atoms with E-state index in [1.807, 2.05) is 0 Å². The first kappa shape index (κ1) is 21.4. The quantitative estimate of drug-likeness (QED) is 0.552. The third-order valence-electron chi connectivity index (χ3n) is 4.99. The Kier molecular flexibility index (Phi) is 8.31. The Labute approximate surface area is 145 Å². The van der Waals surface area contributed by atoms with Crippen LogP contribution in [-0.2, 0) is 12.8 Å². The molecule has 0 aliphatic carbocycles. The fourth-order valence-electron chi connectivity index (χ4n) is 3.26. The highest BCUT2D eigenvalue weighted by molar-refractivity contribution is 5.73. The molecule has 0 atom stereocenters. The molecule has 0 saturated carbocycles. The molecule has 0 heterocycles. The first-order chi connectivity index (χ1) is 10.0. The molecule has 0 aromatic heterocycles. The van der Waals surface area contributed by atoms with Gasteiger partial charge in [-0.15, -0.1) is 0 Å². The lowest BCUT2D eigenvalue weighted by atomic mass is 9.87. The van der Waals surface area contributed by atoms with E-state index in [0.717, 1.165) is 6.42 Å². The van der Waals surface area contributed by atoms with Crippen LogP contribution in [0.15, 0.2) is 24.3 Å². The molecule has 0 bridgehead atoms. The van der Waals surface area contributed by atoms with Crippen LogP contribution in [0.1, 0.15) is 68.5 Å². The molecule has 2 aromatic rings. The van der Waals surface area contributed by atoms with E-state index in [-0.39, 0.29) is 14.9 Å². The molecule has 0 heteroatoms. The summed E-state index contributed by atoms with van der Waals surface area (Å²) in [6.45, 7) is 13.5. The van der Waals surface area contributed by atoms with Crippen LogP contribution in [0.4, 0.5) is 0 Å². The van der Waals surface area contributed by atoms with Crippen LogP contribution in [0.5, 0.6) is 0 Å². The number of hydrogen-bond donors (Lipinski definition) is 0. The van der Waals surface area contributed by atoms with E-state index in [9.17, 15) is 0 Å². The van der Waals surface area contributed by atoms with E-state index in [4.69, 9.17) is 0 Å². The molecule has 23 heavy (non-hydrogen) atoms. The zero-order valence-electron chi connectivity index (χ0n) is 14.4. The Bertz CT molecular complexity index is 648. The third-order valence-corrected chi connectivity index (χ3v) is 4.99. The van der Waals surface area contributed by atoms with Crippen molar-refractivity contribution in [2.24, 2.45) is 0 Å². The minimum Gasteiger partial charge on any atom is -0.0776 e. The first-order valence-corrected chi connectivity index (χ1v) is 8.19. The SMILES string of the molecule is C.C.CCCc1ccc(-c2ccc(CC)c(C)c2C)c(C)c1C. The van der Waals surface area contributed by atoms with E-state index in [1.165, 1.54) is 57.3 Å². The number of benzene rings is 2. The molecule has 0 radical (unpaired) electrons. The van der Waals surface area contributed by atoms with Crippen molar-refractivity contribution >= 4 is 0 Å². The zero-order chi connectivity index (χ0) is 15.6. The molecule has 0 unspecified atom stereocenters. The third kappa shape index (κ3) is 4.05. The summed E-state index contributed by atoms with van der Waals surface area (Å²) in [5.41, 5.74) is 11.5. The van der Waals surface area contributed by atoms with Crippen molar-refractivity contribution in [1.82, 2.24) is 0 Å². The molecule has 0 saturated heterocycles. The molecule has 2 aromatic carbocycles. The number of hydrogen-bond acceptors (Lipinski definition) is 0. The van der Waals surface area contributed by atoms with Gasteiger partial charge in [0.15, 0.2) is 0 Å². The van der Waals surface area contributed by atoms with Crippen LogP contribution in [0, 0.1) is 27.7 Å². The highest BCUT2D eigenvalue weighted by atomic mass is 14.2. The fourth-order valence-corrected chi connectivity index (χ4v) is 3.26. The Morgan fingerprint density at radius 2 is 1.04 bits per heavy atom. The minimum absolute atomic E-state index is 0. The molecule has 0 fully saturated rings. The van der Waals surface area contributed by atoms with Gasteiger partial charge in [-0.2, -0.15) is 0 Å². The van der Waals surface area contributed by atoms with Gasteiger partial charge in [-0.1, -0.05) is 59.4 Å². The van der Waals surface area contributed by atoms with E-state index < -0.39 is 0 Å². The van der Waals surface area contributed by atoms with Crippen LogP contribution >= 0.6 is 0 Å². The maximum atomic E-state index is 2.32. The molecular formula is C23H36. The van der Waals surface area contributed by atoms with Gasteiger partial charge in [-0.05, 0) is 85.0 Å². The second-order valence-electron chi connectivity index (χ2n) is 6.15. The van der Waals surface area contributed by atoms with Crippen LogP contribution < -0.4 is 0 Å². The molecular weight excluding hydrogens is 276 g/mol. The highest BCUT2D eigenvalue weighted by Crippen LogP contribution is 2.32.